The number of nitrogens with zero attached hydrogens (tertiary/aromatic N) is 1. The Kier molecular flexibility index (Phi) is 7.62. The number of hydrogen-bond acceptors (Lipinski definition) is 4. The normalized spacial score (nSPS) is 13.2. The van der Waals surface area contributed by atoms with Crippen molar-refractivity contribution in [3.05, 3.63) is 211 Å². The summed E-state index contributed by atoms with van der Waals surface area (Å²) in [4.78, 5) is 2.40. The number of benzene rings is 10. The molecule has 10 aromatic carbocycles. The molecule has 0 spiro atoms. The molecule has 306 valence electrons. The Balaban J connectivity index is 1.01. The van der Waals surface area contributed by atoms with Gasteiger partial charge in [0, 0.05) is 69.6 Å². The van der Waals surface area contributed by atoms with Crippen LogP contribution < -0.4 is 4.90 Å². The molecule has 14 rings (SSSR count). The summed E-state index contributed by atoms with van der Waals surface area (Å²) < 4.78 is 16.7. The first-order chi connectivity index (χ1) is 32.0. The predicted octanol–water partition coefficient (Wildman–Crippen LogP) is 18.1. The molecule has 0 unspecified atom stereocenters. The molecular formula is C61H39NO2S. The first-order valence-corrected chi connectivity index (χ1v) is 23.1. The minimum Gasteiger partial charge on any atom is -0.455 e. The van der Waals surface area contributed by atoms with Gasteiger partial charge in [-0.05, 0) is 92.7 Å². The van der Waals surface area contributed by atoms with Crippen LogP contribution in [0.4, 0.5) is 17.1 Å². The fourth-order valence-corrected chi connectivity index (χ4v) is 12.2. The van der Waals surface area contributed by atoms with Crippen molar-refractivity contribution in [1.82, 2.24) is 0 Å². The lowest BCUT2D eigenvalue weighted by atomic mass is 9.82. The molecule has 0 saturated carbocycles. The Bertz CT molecular complexity index is 4110. The Morgan fingerprint density at radius 2 is 1.06 bits per heavy atom. The number of rotatable bonds is 5. The van der Waals surface area contributed by atoms with Gasteiger partial charge in [0.15, 0.2) is 5.58 Å². The maximum Gasteiger partial charge on any atom is 0.159 e. The number of thiophene rings is 1. The van der Waals surface area contributed by atoms with Gasteiger partial charge in [0.2, 0.25) is 0 Å². The molecular weight excluding hydrogens is 811 g/mol. The fourth-order valence-electron chi connectivity index (χ4n) is 11.0. The van der Waals surface area contributed by atoms with E-state index in [1.54, 1.807) is 0 Å². The minimum absolute atomic E-state index is 0.168. The van der Waals surface area contributed by atoms with Crippen molar-refractivity contribution in [2.75, 3.05) is 4.90 Å². The Hall–Kier alpha value is -7.92. The van der Waals surface area contributed by atoms with E-state index >= 15 is 0 Å². The van der Waals surface area contributed by atoms with E-state index in [-0.39, 0.29) is 5.41 Å². The van der Waals surface area contributed by atoms with Crippen LogP contribution in [0.25, 0.3) is 108 Å². The topological polar surface area (TPSA) is 29.5 Å². The quantitative estimate of drug-likeness (QED) is 0.173. The van der Waals surface area contributed by atoms with Crippen LogP contribution in [0.15, 0.2) is 209 Å². The van der Waals surface area contributed by atoms with Crippen LogP contribution in [0.2, 0.25) is 0 Å². The Labute approximate surface area is 379 Å². The monoisotopic (exact) mass is 849 g/mol. The van der Waals surface area contributed by atoms with Crippen molar-refractivity contribution < 1.29 is 8.83 Å². The molecule has 0 N–H and O–H groups in total. The Morgan fingerprint density at radius 1 is 0.415 bits per heavy atom. The lowest BCUT2D eigenvalue weighted by Gasteiger charge is -2.28. The van der Waals surface area contributed by atoms with E-state index in [9.17, 15) is 0 Å². The van der Waals surface area contributed by atoms with Crippen LogP contribution in [0.3, 0.4) is 0 Å². The van der Waals surface area contributed by atoms with Gasteiger partial charge in [-0.25, -0.2) is 0 Å². The zero-order chi connectivity index (χ0) is 43.0. The number of para-hydroxylation sites is 3. The maximum absolute atomic E-state index is 7.40. The predicted molar refractivity (Wildman–Crippen MR) is 275 cm³/mol. The first kappa shape index (κ1) is 36.6. The van der Waals surface area contributed by atoms with E-state index in [1.807, 2.05) is 17.4 Å². The van der Waals surface area contributed by atoms with Gasteiger partial charge >= 0.3 is 0 Å². The molecule has 0 fully saturated rings. The molecule has 13 aromatic rings. The van der Waals surface area contributed by atoms with Crippen LogP contribution in [0.5, 0.6) is 0 Å². The van der Waals surface area contributed by atoms with Crippen LogP contribution in [-0.2, 0) is 5.41 Å². The highest BCUT2D eigenvalue weighted by Crippen LogP contribution is 2.53. The van der Waals surface area contributed by atoms with E-state index in [0.717, 1.165) is 82.8 Å². The molecule has 3 nitrogen and oxygen atoms in total. The lowest BCUT2D eigenvalue weighted by molar-refractivity contribution is 0.660. The highest BCUT2D eigenvalue weighted by molar-refractivity contribution is 7.26. The minimum atomic E-state index is -0.168. The van der Waals surface area contributed by atoms with Gasteiger partial charge in [-0.15, -0.1) is 11.3 Å². The number of hydrogen-bond donors (Lipinski definition) is 0. The summed E-state index contributed by atoms with van der Waals surface area (Å²) >= 11 is 1.87. The molecule has 0 radical (unpaired) electrons. The van der Waals surface area contributed by atoms with Crippen LogP contribution >= 0.6 is 11.3 Å². The molecule has 0 atom stereocenters. The lowest BCUT2D eigenvalue weighted by Crippen LogP contribution is -2.16. The summed E-state index contributed by atoms with van der Waals surface area (Å²) in [7, 11) is 0. The molecule has 0 aliphatic heterocycles. The maximum atomic E-state index is 7.40. The molecule has 4 heteroatoms. The van der Waals surface area contributed by atoms with Gasteiger partial charge in [0.25, 0.3) is 0 Å². The van der Waals surface area contributed by atoms with E-state index in [2.05, 4.69) is 213 Å². The third-order valence-electron chi connectivity index (χ3n) is 14.1. The molecule has 65 heavy (non-hydrogen) atoms. The summed E-state index contributed by atoms with van der Waals surface area (Å²) in [5.74, 6) is 0. The van der Waals surface area contributed by atoms with Crippen molar-refractivity contribution >= 4 is 103 Å². The third kappa shape index (κ3) is 5.23. The van der Waals surface area contributed by atoms with E-state index in [4.69, 9.17) is 8.83 Å². The number of anilines is 3. The van der Waals surface area contributed by atoms with Crippen LogP contribution in [0, 0.1) is 0 Å². The van der Waals surface area contributed by atoms with Gasteiger partial charge in [0.05, 0.1) is 5.69 Å². The number of fused-ring (bicyclic) bond motifs is 13. The van der Waals surface area contributed by atoms with E-state index in [0.29, 0.717) is 0 Å². The average molecular weight is 850 g/mol. The third-order valence-corrected chi connectivity index (χ3v) is 15.3. The summed E-state index contributed by atoms with van der Waals surface area (Å²) in [6, 6.07) is 72.7. The number of furan rings is 2. The van der Waals surface area contributed by atoms with Crippen LogP contribution in [-0.4, -0.2) is 0 Å². The second-order valence-corrected chi connectivity index (χ2v) is 19.0. The largest absolute Gasteiger partial charge is 0.455 e. The zero-order valence-electron chi connectivity index (χ0n) is 35.7. The smallest absolute Gasteiger partial charge is 0.159 e. The standard InChI is InChI=1S/C61H39NO2S/c1-61(2)51-24-8-5-16-42(51)43-33-32-39(35-52(43)61)62(38-30-28-36(29-31-38)41-19-11-22-48-45-18-7-10-27-55(45)65-60(41)48)53-25-13-21-47-50-34-37-14-3-4-15-40(37)56(59(50)64-58(47)53)49-23-12-20-46-44-17-6-9-26-54(44)63-57(46)49/h3-35H,1-2H3. The summed E-state index contributed by atoms with van der Waals surface area (Å²) in [5, 5.41) is 9.21. The van der Waals surface area contributed by atoms with Crippen molar-refractivity contribution in [3.8, 4) is 33.4 Å². The molecule has 3 aromatic heterocycles. The summed E-state index contributed by atoms with van der Waals surface area (Å²) in [6.07, 6.45) is 0. The second-order valence-electron chi connectivity index (χ2n) is 17.9. The Morgan fingerprint density at radius 3 is 1.94 bits per heavy atom. The second kappa shape index (κ2) is 13.5. The first-order valence-electron chi connectivity index (χ1n) is 22.3. The van der Waals surface area contributed by atoms with E-state index < -0.39 is 0 Å². The van der Waals surface area contributed by atoms with Gasteiger partial charge in [-0.2, -0.15) is 0 Å². The summed E-state index contributed by atoms with van der Waals surface area (Å²) in [6.45, 7) is 4.70. The molecule has 1 aliphatic carbocycles. The average Bonchev–Trinajstić information content (AvgIpc) is 4.10. The molecule has 0 bridgehead atoms. The highest BCUT2D eigenvalue weighted by Gasteiger charge is 2.36. The molecule has 3 heterocycles. The van der Waals surface area contributed by atoms with Crippen molar-refractivity contribution in [2.24, 2.45) is 0 Å². The van der Waals surface area contributed by atoms with Gasteiger partial charge in [0.1, 0.15) is 16.7 Å². The van der Waals surface area contributed by atoms with Gasteiger partial charge < -0.3 is 13.7 Å². The van der Waals surface area contributed by atoms with Gasteiger partial charge in [-0.3, -0.25) is 0 Å². The molecule has 0 amide bonds. The molecule has 1 aliphatic rings. The highest BCUT2D eigenvalue weighted by atomic mass is 32.1. The SMILES string of the molecule is CC1(C)c2ccccc2-c2ccc(N(c3ccc(-c4cccc5c4sc4ccccc45)cc3)c3cccc4c3oc3c(-c5cccc6c5oc5ccccc56)c5ccccc5cc34)cc21. The van der Waals surface area contributed by atoms with Crippen molar-refractivity contribution in [1.29, 1.82) is 0 Å². The molecule has 0 saturated heterocycles. The van der Waals surface area contributed by atoms with Crippen molar-refractivity contribution in [2.45, 2.75) is 19.3 Å². The fraction of sp³-hybridized carbons (Fsp3) is 0.0492. The van der Waals surface area contributed by atoms with Crippen LogP contribution in [0.1, 0.15) is 25.0 Å². The van der Waals surface area contributed by atoms with Crippen molar-refractivity contribution in [3.63, 3.8) is 0 Å². The van der Waals surface area contributed by atoms with E-state index in [1.165, 1.54) is 53.6 Å². The zero-order valence-corrected chi connectivity index (χ0v) is 36.5. The van der Waals surface area contributed by atoms with Gasteiger partial charge in [-0.1, -0.05) is 166 Å². The summed E-state index contributed by atoms with van der Waals surface area (Å²) in [5.41, 5.74) is 16.1.